The van der Waals surface area contributed by atoms with Crippen LogP contribution in [0.2, 0.25) is 0 Å². The third kappa shape index (κ3) is 1.23. The summed E-state index contributed by atoms with van der Waals surface area (Å²) in [5.74, 6) is 0. The fourth-order valence-electron chi connectivity index (χ4n) is 2.33. The van der Waals surface area contributed by atoms with E-state index in [1.54, 1.807) is 0 Å². The predicted molar refractivity (Wildman–Crippen MR) is 52.9 cm³/mol. The number of rotatable bonds is 1. The molecule has 1 aliphatic heterocycles. The van der Waals surface area contributed by atoms with Crippen LogP contribution in [0.25, 0.3) is 0 Å². The molecule has 10 heavy (non-hydrogen) atoms. The van der Waals surface area contributed by atoms with Gasteiger partial charge in [-0.25, -0.2) is 0 Å². The Kier molecular flexibility index (Phi) is 2.40. The van der Waals surface area contributed by atoms with E-state index in [2.05, 4.69) is 27.2 Å². The molecule has 1 heterocycles. The normalized spacial score (nSPS) is 41.6. The molecule has 0 bridgehead atoms. The van der Waals surface area contributed by atoms with Gasteiger partial charge in [0, 0.05) is 0 Å². The zero-order chi connectivity index (χ0) is 7.78. The predicted octanol–water partition coefficient (Wildman–Crippen LogP) is 2.96. The fraction of sp³-hybridized carbons (Fsp3) is 1.00. The summed E-state index contributed by atoms with van der Waals surface area (Å²) >= 11 is 0. The Morgan fingerprint density at radius 2 is 1.90 bits per heavy atom. The van der Waals surface area contributed by atoms with Crippen molar-refractivity contribution in [3.8, 4) is 0 Å². The summed E-state index contributed by atoms with van der Waals surface area (Å²) < 4.78 is 0. The van der Waals surface area contributed by atoms with Crippen molar-refractivity contribution in [2.45, 2.75) is 44.4 Å². The molecule has 62 valence electrons. The van der Waals surface area contributed by atoms with Gasteiger partial charge in [-0.05, 0) is 0 Å². The van der Waals surface area contributed by atoms with Crippen molar-refractivity contribution in [1.82, 2.24) is 0 Å². The first-order valence-electron chi connectivity index (χ1n) is 4.59. The van der Waals surface area contributed by atoms with E-state index in [0.29, 0.717) is 0 Å². The van der Waals surface area contributed by atoms with Crippen molar-refractivity contribution in [3.05, 3.63) is 0 Å². The van der Waals surface area contributed by atoms with Gasteiger partial charge in [-0.3, -0.25) is 0 Å². The van der Waals surface area contributed by atoms with Gasteiger partial charge in [0.2, 0.25) is 0 Å². The Hall–Kier alpha value is 0.430. The van der Waals surface area contributed by atoms with Gasteiger partial charge >= 0.3 is 65.0 Å². The van der Waals surface area contributed by atoms with Crippen LogP contribution in [0.5, 0.6) is 0 Å². The topological polar surface area (TPSA) is 0 Å². The third-order valence-electron chi connectivity index (χ3n) is 3.76. The van der Waals surface area contributed by atoms with Crippen LogP contribution in [0.15, 0.2) is 0 Å². The van der Waals surface area contributed by atoms with Gasteiger partial charge < -0.3 is 0 Å². The van der Waals surface area contributed by atoms with Crippen LogP contribution >= 0.6 is 7.26 Å². The van der Waals surface area contributed by atoms with Crippen LogP contribution in [0, 0.1) is 0 Å². The zero-order valence-electron chi connectivity index (χ0n) is 7.78. The summed E-state index contributed by atoms with van der Waals surface area (Å²) in [5.41, 5.74) is 2.21. The SMILES string of the molecule is CC[C@@H]1CC[C@@H](C)[PH]1(C)C. The molecule has 1 aliphatic rings. The fourth-order valence-corrected chi connectivity index (χ4v) is 6.01. The van der Waals surface area contributed by atoms with Crippen LogP contribution in [-0.2, 0) is 0 Å². The van der Waals surface area contributed by atoms with Crippen LogP contribution < -0.4 is 0 Å². The Bertz CT molecular complexity index is 118. The second-order valence-corrected chi connectivity index (χ2v) is 9.85. The zero-order valence-corrected chi connectivity index (χ0v) is 8.78. The van der Waals surface area contributed by atoms with Crippen LogP contribution in [0.3, 0.4) is 0 Å². The second-order valence-electron chi connectivity index (χ2n) is 4.40. The van der Waals surface area contributed by atoms with Gasteiger partial charge in [0.1, 0.15) is 0 Å². The molecule has 0 saturated carbocycles. The quantitative estimate of drug-likeness (QED) is 0.517. The Morgan fingerprint density at radius 1 is 1.30 bits per heavy atom. The molecule has 0 spiro atoms. The van der Waals surface area contributed by atoms with Gasteiger partial charge in [-0.15, -0.1) is 0 Å². The number of hydrogen-bond acceptors (Lipinski definition) is 0. The van der Waals surface area contributed by atoms with Gasteiger partial charge in [0.25, 0.3) is 0 Å². The Labute approximate surface area is 65.7 Å². The molecular formula is C9H21P. The second kappa shape index (κ2) is 2.81. The van der Waals surface area contributed by atoms with E-state index < -0.39 is 7.26 Å². The van der Waals surface area contributed by atoms with Crippen molar-refractivity contribution >= 4 is 7.26 Å². The molecule has 0 aromatic heterocycles. The first-order valence-corrected chi connectivity index (χ1v) is 7.74. The maximum atomic E-state index is 2.57. The van der Waals surface area contributed by atoms with E-state index in [-0.39, 0.29) is 0 Å². The van der Waals surface area contributed by atoms with Crippen molar-refractivity contribution in [2.75, 3.05) is 13.3 Å². The molecule has 0 aromatic carbocycles. The molecule has 1 rings (SSSR count). The molecule has 0 radical (unpaired) electrons. The van der Waals surface area contributed by atoms with Gasteiger partial charge in [-0.1, -0.05) is 0 Å². The van der Waals surface area contributed by atoms with E-state index in [0.717, 1.165) is 11.3 Å². The molecule has 1 saturated heterocycles. The molecule has 2 atom stereocenters. The molecule has 1 heteroatoms. The molecule has 0 N–H and O–H groups in total. The maximum absolute atomic E-state index is 2.57. The summed E-state index contributed by atoms with van der Waals surface area (Å²) in [4.78, 5) is 0. The van der Waals surface area contributed by atoms with E-state index in [1.807, 2.05) is 0 Å². The van der Waals surface area contributed by atoms with E-state index in [4.69, 9.17) is 0 Å². The Balaban J connectivity index is 2.64. The average molecular weight is 160 g/mol. The summed E-state index contributed by atoms with van der Waals surface area (Å²) in [6.45, 7) is 9.96. The third-order valence-corrected chi connectivity index (χ3v) is 9.39. The van der Waals surface area contributed by atoms with Crippen molar-refractivity contribution in [1.29, 1.82) is 0 Å². The monoisotopic (exact) mass is 160 g/mol. The molecule has 0 aromatic rings. The summed E-state index contributed by atoms with van der Waals surface area (Å²) in [6.07, 6.45) is 4.47. The minimum absolute atomic E-state index is 0.773. The molecular weight excluding hydrogens is 139 g/mol. The molecule has 0 unspecified atom stereocenters. The van der Waals surface area contributed by atoms with E-state index in [1.165, 1.54) is 19.3 Å². The van der Waals surface area contributed by atoms with Crippen LogP contribution in [-0.4, -0.2) is 24.6 Å². The van der Waals surface area contributed by atoms with E-state index >= 15 is 0 Å². The van der Waals surface area contributed by atoms with Crippen molar-refractivity contribution < 1.29 is 0 Å². The molecule has 0 amide bonds. The minimum atomic E-state index is -0.773. The first-order chi connectivity index (χ1) is 4.59. The van der Waals surface area contributed by atoms with Crippen molar-refractivity contribution in [2.24, 2.45) is 0 Å². The number of hydrogen-bond donors (Lipinski definition) is 0. The molecule has 0 nitrogen and oxygen atoms in total. The van der Waals surface area contributed by atoms with Crippen LogP contribution in [0.4, 0.5) is 0 Å². The molecule has 0 aliphatic carbocycles. The van der Waals surface area contributed by atoms with Crippen LogP contribution in [0.1, 0.15) is 33.1 Å². The standard InChI is InChI=1S/C9H21P/c1-5-9-7-6-8(2)10(9,3)4/h8-10H,5-7H2,1-4H3/t8-,9-/m1/s1. The summed E-state index contributed by atoms with van der Waals surface area (Å²) in [5, 5.41) is 0. The summed E-state index contributed by atoms with van der Waals surface area (Å²) in [7, 11) is -0.773. The van der Waals surface area contributed by atoms with Crippen molar-refractivity contribution in [3.63, 3.8) is 0 Å². The van der Waals surface area contributed by atoms with Gasteiger partial charge in [0.05, 0.1) is 0 Å². The molecule has 1 fully saturated rings. The van der Waals surface area contributed by atoms with E-state index in [9.17, 15) is 0 Å². The average Bonchev–Trinajstić information content (AvgIpc) is 2.10. The summed E-state index contributed by atoms with van der Waals surface area (Å²) in [6, 6.07) is 0. The van der Waals surface area contributed by atoms with Gasteiger partial charge in [0.15, 0.2) is 0 Å². The van der Waals surface area contributed by atoms with Gasteiger partial charge in [-0.2, -0.15) is 0 Å². The Morgan fingerprint density at radius 3 is 2.10 bits per heavy atom. The first kappa shape index (κ1) is 8.53.